The maximum atomic E-state index is 4.94. The normalized spacial score (nSPS) is 11.0. The lowest BCUT2D eigenvalue weighted by Crippen LogP contribution is -2.33. The van der Waals surface area contributed by atoms with E-state index in [0.717, 1.165) is 51.0 Å². The topological polar surface area (TPSA) is 64.5 Å². The molecule has 4 aromatic heterocycles. The Hall–Kier alpha value is -4.97. The molecule has 180 valence electrons. The van der Waals surface area contributed by atoms with E-state index in [4.69, 9.17) is 9.97 Å². The van der Waals surface area contributed by atoms with Gasteiger partial charge < -0.3 is 14.9 Å². The van der Waals surface area contributed by atoms with Gasteiger partial charge in [-0.15, -0.1) is 0 Å². The van der Waals surface area contributed by atoms with Crippen molar-refractivity contribution < 1.29 is 4.57 Å². The van der Waals surface area contributed by atoms with Gasteiger partial charge in [0.05, 0.1) is 23.8 Å². The van der Waals surface area contributed by atoms with Crippen LogP contribution in [0.5, 0.6) is 0 Å². The number of aromatic amines is 2. The Morgan fingerprint density at radius 2 is 1.03 bits per heavy atom. The van der Waals surface area contributed by atoms with Crippen molar-refractivity contribution in [2.45, 2.75) is 0 Å². The second-order valence-electron chi connectivity index (χ2n) is 9.10. The summed E-state index contributed by atoms with van der Waals surface area (Å²) < 4.78 is 1.95. The molecule has 37 heavy (non-hydrogen) atoms. The number of aromatic nitrogens is 5. The molecule has 0 spiro atoms. The van der Waals surface area contributed by atoms with Crippen molar-refractivity contribution in [2.24, 2.45) is 0 Å². The molecule has 2 N–H and O–H groups in total. The Morgan fingerprint density at radius 1 is 0.568 bits per heavy atom. The smallest absolute Gasteiger partial charge is 0.377 e. The van der Waals surface area contributed by atoms with Gasteiger partial charge in [0, 0.05) is 37.2 Å². The van der Waals surface area contributed by atoms with Crippen molar-refractivity contribution in [3.05, 3.63) is 116 Å². The SMILES string of the molecule is CN(C)c1cc[n+](-c2nc(-c3ccc(-c4ccccc4)[nH]3)cc(-c3ccc(-c4ccccc4)[nH]3)n2)cc1. The van der Waals surface area contributed by atoms with Gasteiger partial charge in [0.1, 0.15) is 0 Å². The minimum absolute atomic E-state index is 0.601. The molecule has 0 saturated heterocycles. The minimum atomic E-state index is 0.601. The highest BCUT2D eigenvalue weighted by Crippen LogP contribution is 2.28. The molecular weight excluding hydrogens is 456 g/mol. The molecule has 6 aromatic rings. The van der Waals surface area contributed by atoms with Crippen LogP contribution in [0.1, 0.15) is 0 Å². The molecule has 6 rings (SSSR count). The quantitative estimate of drug-likeness (QED) is 0.280. The third kappa shape index (κ3) is 4.65. The van der Waals surface area contributed by atoms with Crippen LogP contribution in [0.2, 0.25) is 0 Å². The van der Waals surface area contributed by atoms with Gasteiger partial charge in [0.15, 0.2) is 11.4 Å². The van der Waals surface area contributed by atoms with Crippen LogP contribution < -0.4 is 9.47 Å². The van der Waals surface area contributed by atoms with Crippen LogP contribution in [0, 0.1) is 0 Å². The molecule has 0 aliphatic rings. The lowest BCUT2D eigenvalue weighted by atomic mass is 10.2. The molecule has 0 saturated carbocycles. The number of pyridine rings is 1. The van der Waals surface area contributed by atoms with Crippen LogP contribution in [-0.4, -0.2) is 34.0 Å². The molecule has 6 heteroatoms. The van der Waals surface area contributed by atoms with Gasteiger partial charge in [-0.3, -0.25) is 0 Å². The van der Waals surface area contributed by atoms with Crippen LogP contribution in [0.4, 0.5) is 5.69 Å². The molecule has 0 fully saturated rings. The first-order chi connectivity index (χ1) is 18.1. The number of nitrogens with one attached hydrogen (secondary N) is 2. The lowest BCUT2D eigenvalue weighted by molar-refractivity contribution is -0.603. The van der Waals surface area contributed by atoms with Gasteiger partial charge in [0.25, 0.3) is 0 Å². The summed E-state index contributed by atoms with van der Waals surface area (Å²) in [6.07, 6.45) is 3.98. The molecule has 6 nitrogen and oxygen atoms in total. The second-order valence-corrected chi connectivity index (χ2v) is 9.10. The lowest BCUT2D eigenvalue weighted by Gasteiger charge is -2.11. The summed E-state index contributed by atoms with van der Waals surface area (Å²) >= 11 is 0. The zero-order valence-electron chi connectivity index (χ0n) is 20.8. The zero-order chi connectivity index (χ0) is 25.2. The standard InChI is InChI=1S/C31H27N6/c1-36(2)24-17-19-37(20-18-24)31-34-29(27-15-13-25(32-27)22-9-5-3-6-10-22)21-30(35-31)28-16-14-26(33-28)23-11-7-4-8-12-23/h3-21,32-33H,1-2H3/q+1. The highest BCUT2D eigenvalue weighted by molar-refractivity contribution is 5.71. The minimum Gasteiger partial charge on any atom is -0.377 e. The van der Waals surface area contributed by atoms with E-state index in [1.807, 2.05) is 73.5 Å². The molecule has 0 aliphatic heterocycles. The van der Waals surface area contributed by atoms with Crippen molar-refractivity contribution in [2.75, 3.05) is 19.0 Å². The predicted octanol–water partition coefficient (Wildman–Crippen LogP) is 6.14. The van der Waals surface area contributed by atoms with Crippen molar-refractivity contribution >= 4 is 5.69 Å². The van der Waals surface area contributed by atoms with Gasteiger partial charge in [-0.25, -0.2) is 4.57 Å². The molecule has 0 unspecified atom stereocenters. The highest BCUT2D eigenvalue weighted by Gasteiger charge is 2.20. The number of anilines is 1. The van der Waals surface area contributed by atoms with E-state index in [1.165, 1.54) is 0 Å². The van der Waals surface area contributed by atoms with Gasteiger partial charge >= 0.3 is 5.95 Å². The molecule has 0 atom stereocenters. The van der Waals surface area contributed by atoms with Crippen LogP contribution in [0.25, 0.3) is 51.2 Å². The maximum Gasteiger partial charge on any atom is 0.438 e. The van der Waals surface area contributed by atoms with E-state index in [9.17, 15) is 0 Å². The maximum absolute atomic E-state index is 4.94. The third-order valence-electron chi connectivity index (χ3n) is 6.37. The molecule has 4 heterocycles. The summed E-state index contributed by atoms with van der Waals surface area (Å²) in [5, 5.41) is 0. The average Bonchev–Trinajstić information content (AvgIpc) is 3.65. The molecule has 0 radical (unpaired) electrons. The van der Waals surface area contributed by atoms with Crippen LogP contribution in [0.15, 0.2) is 116 Å². The summed E-state index contributed by atoms with van der Waals surface area (Å²) in [6, 6.07) is 35.1. The van der Waals surface area contributed by atoms with Crippen molar-refractivity contribution in [1.82, 2.24) is 19.9 Å². The number of benzene rings is 2. The van der Waals surface area contributed by atoms with Crippen LogP contribution in [-0.2, 0) is 0 Å². The third-order valence-corrected chi connectivity index (χ3v) is 6.37. The summed E-state index contributed by atoms with van der Waals surface area (Å²) in [4.78, 5) is 19.0. The number of nitrogens with zero attached hydrogens (tertiary/aromatic N) is 4. The van der Waals surface area contributed by atoms with Crippen molar-refractivity contribution in [3.63, 3.8) is 0 Å². The largest absolute Gasteiger partial charge is 0.438 e. The Labute approximate surface area is 215 Å². The number of hydrogen-bond donors (Lipinski definition) is 2. The summed E-state index contributed by atoms with van der Waals surface area (Å²) in [5.41, 5.74) is 8.99. The van der Waals surface area contributed by atoms with Crippen molar-refractivity contribution in [1.29, 1.82) is 0 Å². The van der Waals surface area contributed by atoms with E-state index in [-0.39, 0.29) is 0 Å². The highest BCUT2D eigenvalue weighted by atomic mass is 15.1. The summed E-state index contributed by atoms with van der Waals surface area (Å²) in [6.45, 7) is 0. The first-order valence-electron chi connectivity index (χ1n) is 12.2. The van der Waals surface area contributed by atoms with E-state index in [0.29, 0.717) is 5.95 Å². The van der Waals surface area contributed by atoms with Gasteiger partial charge in [-0.05, 0) is 47.5 Å². The van der Waals surface area contributed by atoms with E-state index < -0.39 is 0 Å². The monoisotopic (exact) mass is 483 g/mol. The Bertz CT molecular complexity index is 1530. The molecular formula is C31H27N6+. The molecule has 2 aromatic carbocycles. The fourth-order valence-electron chi connectivity index (χ4n) is 4.34. The predicted molar refractivity (Wildman–Crippen MR) is 148 cm³/mol. The van der Waals surface area contributed by atoms with Crippen LogP contribution in [0.3, 0.4) is 0 Å². The Kier molecular flexibility index (Phi) is 5.83. The second kappa shape index (κ2) is 9.59. The van der Waals surface area contributed by atoms with Crippen LogP contribution >= 0.6 is 0 Å². The van der Waals surface area contributed by atoms with Gasteiger partial charge in [-0.1, -0.05) is 70.6 Å². The van der Waals surface area contributed by atoms with Crippen molar-refractivity contribution in [3.8, 4) is 51.2 Å². The average molecular weight is 484 g/mol. The Morgan fingerprint density at radius 3 is 1.49 bits per heavy atom. The summed E-state index contributed by atoms with van der Waals surface area (Å²) in [7, 11) is 4.06. The molecule has 0 bridgehead atoms. The first kappa shape index (κ1) is 22.5. The number of H-pyrrole nitrogens is 2. The Balaban J connectivity index is 1.44. The molecule has 0 aliphatic carbocycles. The van der Waals surface area contributed by atoms with E-state index in [2.05, 4.69) is 75.5 Å². The zero-order valence-corrected chi connectivity index (χ0v) is 20.8. The van der Waals surface area contributed by atoms with E-state index in [1.54, 1.807) is 0 Å². The van der Waals surface area contributed by atoms with E-state index >= 15 is 0 Å². The number of rotatable bonds is 6. The fourth-order valence-corrected chi connectivity index (χ4v) is 4.34. The van der Waals surface area contributed by atoms with Gasteiger partial charge in [-0.2, -0.15) is 0 Å². The first-order valence-corrected chi connectivity index (χ1v) is 12.2. The summed E-state index contributed by atoms with van der Waals surface area (Å²) in [5.74, 6) is 0.601. The molecule has 0 amide bonds. The van der Waals surface area contributed by atoms with Gasteiger partial charge in [0.2, 0.25) is 0 Å². The fraction of sp³-hybridized carbons (Fsp3) is 0.0645. The number of hydrogen-bond acceptors (Lipinski definition) is 3.